The normalized spacial score (nSPS) is 10.2. The van der Waals surface area contributed by atoms with E-state index in [0.29, 0.717) is 21.0 Å². The van der Waals surface area contributed by atoms with Crippen LogP contribution < -0.4 is 5.32 Å². The molecule has 9 heteroatoms. The first-order chi connectivity index (χ1) is 10.3. The van der Waals surface area contributed by atoms with E-state index in [2.05, 4.69) is 25.5 Å². The molecule has 3 aromatic heterocycles. The summed E-state index contributed by atoms with van der Waals surface area (Å²) >= 11 is 2.65. The molecule has 0 aromatic carbocycles. The van der Waals surface area contributed by atoms with Gasteiger partial charge in [0.2, 0.25) is 5.13 Å². The molecule has 0 atom stereocenters. The van der Waals surface area contributed by atoms with Crippen molar-refractivity contribution in [1.82, 2.24) is 20.2 Å². The maximum atomic E-state index is 8.97. The molecule has 0 bridgehead atoms. The number of hydrogen-bond donors (Lipinski definition) is 1. The van der Waals surface area contributed by atoms with Crippen LogP contribution in [0.1, 0.15) is 11.5 Å². The molecule has 104 valence electrons. The average molecular weight is 316 g/mol. The molecule has 0 spiro atoms. The van der Waals surface area contributed by atoms with Gasteiger partial charge in [-0.25, -0.2) is 9.97 Å². The van der Waals surface area contributed by atoms with Crippen molar-refractivity contribution in [3.63, 3.8) is 0 Å². The first-order valence-corrected chi connectivity index (χ1v) is 7.47. The second-order valence-electron chi connectivity index (χ2n) is 3.73. The van der Waals surface area contributed by atoms with Gasteiger partial charge in [0.1, 0.15) is 16.9 Å². The molecular weight excluding hydrogens is 308 g/mol. The first-order valence-electron chi connectivity index (χ1n) is 5.84. The summed E-state index contributed by atoms with van der Waals surface area (Å²) in [7, 11) is 0. The minimum atomic E-state index is 0.280. The highest BCUT2D eigenvalue weighted by atomic mass is 32.2. The van der Waals surface area contributed by atoms with Gasteiger partial charge in [0.25, 0.3) is 0 Å². The maximum Gasteiger partial charge on any atom is 0.206 e. The van der Waals surface area contributed by atoms with Gasteiger partial charge in [0.15, 0.2) is 10.0 Å². The highest BCUT2D eigenvalue weighted by molar-refractivity contribution is 8.01. The van der Waals surface area contributed by atoms with E-state index in [1.165, 1.54) is 29.3 Å². The van der Waals surface area contributed by atoms with E-state index >= 15 is 0 Å². The predicted octanol–water partition coefficient (Wildman–Crippen LogP) is 2.56. The molecule has 0 aliphatic rings. The van der Waals surface area contributed by atoms with Crippen molar-refractivity contribution in [1.29, 1.82) is 5.26 Å². The number of anilines is 1. The van der Waals surface area contributed by atoms with Gasteiger partial charge < -0.3 is 9.73 Å². The number of hydrogen-bond acceptors (Lipinski definition) is 9. The highest BCUT2D eigenvalue weighted by Gasteiger charge is 2.11. The van der Waals surface area contributed by atoms with Gasteiger partial charge in [-0.05, 0) is 23.9 Å². The number of furan rings is 1. The van der Waals surface area contributed by atoms with Gasteiger partial charge in [-0.1, -0.05) is 11.3 Å². The van der Waals surface area contributed by atoms with E-state index in [0.717, 1.165) is 5.76 Å². The van der Waals surface area contributed by atoms with Gasteiger partial charge in [-0.3, -0.25) is 0 Å². The summed E-state index contributed by atoms with van der Waals surface area (Å²) in [5.41, 5.74) is 0.280. The van der Waals surface area contributed by atoms with Crippen LogP contribution in [0.3, 0.4) is 0 Å². The Hall–Kier alpha value is -2.44. The van der Waals surface area contributed by atoms with Gasteiger partial charge in [0, 0.05) is 12.4 Å². The van der Waals surface area contributed by atoms with Crippen molar-refractivity contribution in [3.8, 4) is 6.07 Å². The zero-order valence-electron chi connectivity index (χ0n) is 10.6. The fourth-order valence-electron chi connectivity index (χ4n) is 1.46. The van der Waals surface area contributed by atoms with Crippen LogP contribution in [-0.4, -0.2) is 20.2 Å². The van der Waals surface area contributed by atoms with Crippen molar-refractivity contribution in [3.05, 3.63) is 42.2 Å². The zero-order chi connectivity index (χ0) is 14.5. The molecule has 0 aliphatic carbocycles. The lowest BCUT2D eigenvalue weighted by Crippen LogP contribution is -1.96. The van der Waals surface area contributed by atoms with Crippen molar-refractivity contribution in [2.75, 3.05) is 5.32 Å². The lowest BCUT2D eigenvalue weighted by molar-refractivity contribution is 0.518. The van der Waals surface area contributed by atoms with Crippen molar-refractivity contribution in [2.45, 2.75) is 15.9 Å². The number of rotatable bonds is 5. The third-order valence-electron chi connectivity index (χ3n) is 2.35. The standard InChI is InChI=1S/C12H8N6OS2/c13-6-9-10(15-4-3-14-9)20-12-18-17-11(21-12)16-7-8-2-1-5-19-8/h1-5H,7H2,(H,16,17). The SMILES string of the molecule is N#Cc1nccnc1Sc1nnc(NCc2ccco2)s1. The van der Waals surface area contributed by atoms with E-state index in [9.17, 15) is 0 Å². The minimum Gasteiger partial charge on any atom is -0.467 e. The van der Waals surface area contributed by atoms with Crippen molar-refractivity contribution in [2.24, 2.45) is 0 Å². The smallest absolute Gasteiger partial charge is 0.206 e. The molecule has 0 amide bonds. The molecule has 3 aromatic rings. The Labute approximate surface area is 128 Å². The maximum absolute atomic E-state index is 8.97. The molecule has 0 fully saturated rings. The van der Waals surface area contributed by atoms with Gasteiger partial charge in [-0.2, -0.15) is 5.26 Å². The predicted molar refractivity (Wildman–Crippen MR) is 76.8 cm³/mol. The summed E-state index contributed by atoms with van der Waals surface area (Å²) in [5.74, 6) is 0.820. The van der Waals surface area contributed by atoms with Crippen LogP contribution in [0.25, 0.3) is 0 Å². The summed E-state index contributed by atoms with van der Waals surface area (Å²) < 4.78 is 5.91. The third-order valence-corrected chi connectivity index (χ3v) is 4.28. The first kappa shape index (κ1) is 13.5. The van der Waals surface area contributed by atoms with E-state index in [1.54, 1.807) is 12.5 Å². The van der Waals surface area contributed by atoms with E-state index < -0.39 is 0 Å². The molecule has 3 rings (SSSR count). The van der Waals surface area contributed by atoms with Crippen LogP contribution in [0, 0.1) is 11.3 Å². The Morgan fingerprint density at radius 3 is 3.05 bits per heavy atom. The third kappa shape index (κ3) is 3.36. The Morgan fingerprint density at radius 2 is 2.24 bits per heavy atom. The van der Waals surface area contributed by atoms with Gasteiger partial charge >= 0.3 is 0 Å². The molecule has 21 heavy (non-hydrogen) atoms. The van der Waals surface area contributed by atoms with E-state index in [1.807, 2.05) is 18.2 Å². The van der Waals surface area contributed by atoms with Crippen molar-refractivity contribution >= 4 is 28.2 Å². The molecule has 0 unspecified atom stereocenters. The van der Waals surface area contributed by atoms with E-state index in [4.69, 9.17) is 9.68 Å². The molecule has 0 radical (unpaired) electrons. The summed E-state index contributed by atoms with van der Waals surface area (Å²) in [5, 5.41) is 21.4. The Balaban J connectivity index is 1.66. The lowest BCUT2D eigenvalue weighted by Gasteiger charge is -1.97. The zero-order valence-corrected chi connectivity index (χ0v) is 12.2. The van der Waals surface area contributed by atoms with Crippen LogP contribution in [0.4, 0.5) is 5.13 Å². The average Bonchev–Trinajstić information content (AvgIpc) is 3.17. The monoisotopic (exact) mass is 316 g/mol. The second-order valence-corrected chi connectivity index (χ2v) is 5.94. The Morgan fingerprint density at radius 1 is 1.33 bits per heavy atom. The molecular formula is C12H8N6OS2. The highest BCUT2D eigenvalue weighted by Crippen LogP contribution is 2.31. The fraction of sp³-hybridized carbons (Fsp3) is 0.0833. The summed E-state index contributed by atoms with van der Waals surface area (Å²) in [6.45, 7) is 0.543. The largest absolute Gasteiger partial charge is 0.467 e. The molecule has 0 aliphatic heterocycles. The molecule has 0 saturated heterocycles. The van der Waals surface area contributed by atoms with Crippen molar-refractivity contribution < 1.29 is 4.42 Å². The number of nitrogens with one attached hydrogen (secondary N) is 1. The molecule has 3 heterocycles. The number of nitrogens with zero attached hydrogens (tertiary/aromatic N) is 5. The summed E-state index contributed by atoms with van der Waals surface area (Å²) in [4.78, 5) is 8.08. The molecule has 1 N–H and O–H groups in total. The Bertz CT molecular complexity index is 764. The minimum absolute atomic E-state index is 0.280. The van der Waals surface area contributed by atoms with Crippen LogP contribution in [0.2, 0.25) is 0 Å². The quantitative estimate of drug-likeness (QED) is 0.766. The second kappa shape index (κ2) is 6.34. The van der Waals surface area contributed by atoms with E-state index in [-0.39, 0.29) is 5.69 Å². The van der Waals surface area contributed by atoms with Crippen LogP contribution in [0.5, 0.6) is 0 Å². The topological polar surface area (TPSA) is 101 Å². The number of aromatic nitrogens is 4. The van der Waals surface area contributed by atoms with Crippen LogP contribution >= 0.6 is 23.1 Å². The number of nitriles is 1. The lowest BCUT2D eigenvalue weighted by atomic mass is 10.4. The van der Waals surface area contributed by atoms with Crippen LogP contribution in [0.15, 0.2) is 44.6 Å². The molecule has 0 saturated carbocycles. The van der Waals surface area contributed by atoms with Gasteiger partial charge in [-0.15, -0.1) is 10.2 Å². The summed E-state index contributed by atoms with van der Waals surface area (Å²) in [6, 6.07) is 5.71. The Kier molecular flexibility index (Phi) is 4.09. The summed E-state index contributed by atoms with van der Waals surface area (Å²) in [6.07, 6.45) is 4.65. The van der Waals surface area contributed by atoms with Gasteiger partial charge in [0.05, 0.1) is 12.8 Å². The molecule has 7 nitrogen and oxygen atoms in total. The van der Waals surface area contributed by atoms with Crippen LogP contribution in [-0.2, 0) is 6.54 Å². The fourth-order valence-corrected chi connectivity index (χ4v) is 3.13.